The third-order valence-corrected chi connectivity index (χ3v) is 4.42. The molecule has 0 fully saturated rings. The highest BCUT2D eigenvalue weighted by Gasteiger charge is 2.12. The van der Waals surface area contributed by atoms with Crippen molar-refractivity contribution in [1.82, 2.24) is 0 Å². The normalized spacial score (nSPS) is 10.9. The quantitative estimate of drug-likeness (QED) is 0.398. The van der Waals surface area contributed by atoms with E-state index >= 15 is 0 Å². The van der Waals surface area contributed by atoms with E-state index in [1.165, 1.54) is 12.1 Å². The van der Waals surface area contributed by atoms with Crippen LogP contribution >= 0.6 is 0 Å². The standard InChI is InChI=1S/C21H16N2O5/c1-13-6-7-14(23(25)26)10-18(13)22-21(24)12-27-15-8-9-20-17(11-15)16-4-2-3-5-19(16)28-20/h2-11H,12H2,1H3,(H,22,24). The Hall–Kier alpha value is -3.87. The molecule has 3 aromatic carbocycles. The third-order valence-electron chi connectivity index (χ3n) is 4.42. The predicted molar refractivity (Wildman–Crippen MR) is 106 cm³/mol. The first kappa shape index (κ1) is 17.5. The Morgan fingerprint density at radius 1 is 1.07 bits per heavy atom. The number of para-hydroxylation sites is 1. The van der Waals surface area contributed by atoms with E-state index in [9.17, 15) is 14.9 Å². The van der Waals surface area contributed by atoms with E-state index in [4.69, 9.17) is 9.15 Å². The first-order valence-corrected chi connectivity index (χ1v) is 8.60. The van der Waals surface area contributed by atoms with Gasteiger partial charge in [0.15, 0.2) is 6.61 Å². The highest BCUT2D eigenvalue weighted by Crippen LogP contribution is 2.31. The van der Waals surface area contributed by atoms with Crippen LogP contribution in [0.4, 0.5) is 11.4 Å². The van der Waals surface area contributed by atoms with Crippen molar-refractivity contribution in [2.45, 2.75) is 6.92 Å². The summed E-state index contributed by atoms with van der Waals surface area (Å²) in [5.41, 5.74) is 2.56. The number of furan rings is 1. The molecule has 1 amide bonds. The minimum atomic E-state index is -0.504. The molecule has 4 rings (SSSR count). The van der Waals surface area contributed by atoms with Crippen LogP contribution in [0.3, 0.4) is 0 Å². The molecule has 0 saturated heterocycles. The Labute approximate surface area is 159 Å². The molecule has 0 saturated carbocycles. The van der Waals surface area contributed by atoms with E-state index in [1.807, 2.05) is 30.3 Å². The topological polar surface area (TPSA) is 94.6 Å². The molecule has 28 heavy (non-hydrogen) atoms. The number of nitrogens with zero attached hydrogens (tertiary/aromatic N) is 1. The minimum Gasteiger partial charge on any atom is -0.484 e. The molecule has 1 N–H and O–H groups in total. The first-order valence-electron chi connectivity index (χ1n) is 8.60. The van der Waals surface area contributed by atoms with Crippen LogP contribution < -0.4 is 10.1 Å². The summed E-state index contributed by atoms with van der Waals surface area (Å²) >= 11 is 0. The molecular weight excluding hydrogens is 360 g/mol. The second-order valence-electron chi connectivity index (χ2n) is 6.35. The molecule has 0 radical (unpaired) electrons. The van der Waals surface area contributed by atoms with Gasteiger partial charge in [0.05, 0.1) is 10.6 Å². The van der Waals surface area contributed by atoms with E-state index in [-0.39, 0.29) is 12.3 Å². The van der Waals surface area contributed by atoms with Gasteiger partial charge in [-0.3, -0.25) is 14.9 Å². The molecule has 4 aromatic rings. The maximum atomic E-state index is 12.2. The van der Waals surface area contributed by atoms with Gasteiger partial charge in [-0.05, 0) is 36.8 Å². The second-order valence-corrected chi connectivity index (χ2v) is 6.35. The number of nitro groups is 1. The van der Waals surface area contributed by atoms with Crippen molar-refractivity contribution in [2.24, 2.45) is 0 Å². The number of hydrogen-bond donors (Lipinski definition) is 1. The van der Waals surface area contributed by atoms with Crippen molar-refractivity contribution in [3.8, 4) is 5.75 Å². The second kappa shape index (κ2) is 7.03. The maximum Gasteiger partial charge on any atom is 0.271 e. The molecular formula is C21H16N2O5. The molecule has 0 atom stereocenters. The molecule has 0 aliphatic rings. The van der Waals surface area contributed by atoms with Crippen molar-refractivity contribution in [3.05, 3.63) is 76.3 Å². The lowest BCUT2D eigenvalue weighted by atomic mass is 10.1. The summed E-state index contributed by atoms with van der Waals surface area (Å²) in [7, 11) is 0. The summed E-state index contributed by atoms with van der Waals surface area (Å²) in [5, 5.41) is 15.4. The Morgan fingerprint density at radius 2 is 1.86 bits per heavy atom. The highest BCUT2D eigenvalue weighted by molar-refractivity contribution is 6.05. The molecule has 140 valence electrons. The predicted octanol–water partition coefficient (Wildman–Crippen LogP) is 4.82. The number of benzene rings is 3. The van der Waals surface area contributed by atoms with Crippen molar-refractivity contribution in [3.63, 3.8) is 0 Å². The van der Waals surface area contributed by atoms with E-state index in [1.54, 1.807) is 25.1 Å². The summed E-state index contributed by atoms with van der Waals surface area (Å²) < 4.78 is 11.4. The zero-order valence-corrected chi connectivity index (χ0v) is 15.0. The van der Waals surface area contributed by atoms with E-state index in [2.05, 4.69) is 5.32 Å². The van der Waals surface area contributed by atoms with Crippen LogP contribution in [0.15, 0.2) is 65.1 Å². The van der Waals surface area contributed by atoms with Gasteiger partial charge in [0, 0.05) is 22.9 Å². The first-order chi connectivity index (χ1) is 13.5. The third kappa shape index (κ3) is 3.37. The Balaban J connectivity index is 1.48. The van der Waals surface area contributed by atoms with Gasteiger partial charge in [-0.15, -0.1) is 0 Å². The van der Waals surface area contributed by atoms with E-state index < -0.39 is 10.8 Å². The summed E-state index contributed by atoms with van der Waals surface area (Å²) in [6.45, 7) is 1.54. The van der Waals surface area contributed by atoms with Crippen molar-refractivity contribution < 1.29 is 18.9 Å². The number of aryl methyl sites for hydroxylation is 1. The zero-order valence-electron chi connectivity index (χ0n) is 15.0. The fourth-order valence-electron chi connectivity index (χ4n) is 2.99. The number of nitrogens with one attached hydrogen (secondary N) is 1. The highest BCUT2D eigenvalue weighted by atomic mass is 16.6. The Morgan fingerprint density at radius 3 is 2.68 bits per heavy atom. The monoisotopic (exact) mass is 376 g/mol. The van der Waals surface area contributed by atoms with Crippen LogP contribution in [0.5, 0.6) is 5.75 Å². The van der Waals surface area contributed by atoms with Crippen LogP contribution in [-0.2, 0) is 4.79 Å². The van der Waals surface area contributed by atoms with Crippen LogP contribution in [-0.4, -0.2) is 17.4 Å². The van der Waals surface area contributed by atoms with Gasteiger partial charge in [-0.1, -0.05) is 24.3 Å². The van der Waals surface area contributed by atoms with Crippen molar-refractivity contribution in [2.75, 3.05) is 11.9 Å². The summed E-state index contributed by atoms with van der Waals surface area (Å²) in [6.07, 6.45) is 0. The number of amides is 1. The molecule has 1 heterocycles. The van der Waals surface area contributed by atoms with Crippen LogP contribution in [0, 0.1) is 17.0 Å². The van der Waals surface area contributed by atoms with Crippen LogP contribution in [0.2, 0.25) is 0 Å². The molecule has 7 heteroatoms. The Kier molecular flexibility index (Phi) is 4.41. The number of anilines is 1. The molecule has 0 aliphatic carbocycles. The van der Waals surface area contributed by atoms with E-state index in [0.717, 1.165) is 27.5 Å². The smallest absolute Gasteiger partial charge is 0.271 e. The number of nitro benzene ring substituents is 1. The van der Waals surface area contributed by atoms with Crippen LogP contribution in [0.25, 0.3) is 21.9 Å². The lowest BCUT2D eigenvalue weighted by Crippen LogP contribution is -2.20. The number of fused-ring (bicyclic) bond motifs is 3. The van der Waals surface area contributed by atoms with Gasteiger partial charge >= 0.3 is 0 Å². The molecule has 0 spiro atoms. The summed E-state index contributed by atoms with van der Waals surface area (Å²) in [5.74, 6) is 0.130. The largest absolute Gasteiger partial charge is 0.484 e. The van der Waals surface area contributed by atoms with Gasteiger partial charge in [-0.2, -0.15) is 0 Å². The number of carbonyl (C=O) groups excluding carboxylic acids is 1. The summed E-state index contributed by atoms with van der Waals surface area (Å²) in [4.78, 5) is 22.6. The number of ether oxygens (including phenoxy) is 1. The van der Waals surface area contributed by atoms with Gasteiger partial charge in [0.1, 0.15) is 16.9 Å². The fourth-order valence-corrected chi connectivity index (χ4v) is 2.99. The summed E-state index contributed by atoms with van der Waals surface area (Å²) in [6, 6.07) is 17.4. The zero-order chi connectivity index (χ0) is 19.7. The van der Waals surface area contributed by atoms with Gasteiger partial charge < -0.3 is 14.5 Å². The maximum absolute atomic E-state index is 12.2. The Bertz CT molecular complexity index is 1210. The van der Waals surface area contributed by atoms with Crippen molar-refractivity contribution >= 4 is 39.2 Å². The molecule has 7 nitrogen and oxygen atoms in total. The van der Waals surface area contributed by atoms with Crippen molar-refractivity contribution in [1.29, 1.82) is 0 Å². The van der Waals surface area contributed by atoms with E-state index in [0.29, 0.717) is 11.4 Å². The molecule has 0 bridgehead atoms. The molecule has 0 unspecified atom stereocenters. The van der Waals surface area contributed by atoms with Gasteiger partial charge in [0.2, 0.25) is 0 Å². The average Bonchev–Trinajstić information content (AvgIpc) is 3.06. The van der Waals surface area contributed by atoms with Gasteiger partial charge in [0.25, 0.3) is 11.6 Å². The fraction of sp³-hybridized carbons (Fsp3) is 0.0952. The number of hydrogen-bond acceptors (Lipinski definition) is 5. The van der Waals surface area contributed by atoms with Crippen LogP contribution in [0.1, 0.15) is 5.56 Å². The lowest BCUT2D eigenvalue weighted by molar-refractivity contribution is -0.384. The average molecular weight is 376 g/mol. The SMILES string of the molecule is Cc1ccc([N+](=O)[O-])cc1NC(=O)COc1ccc2oc3ccccc3c2c1. The number of carbonyl (C=O) groups is 1. The van der Waals surface area contributed by atoms with Gasteiger partial charge in [-0.25, -0.2) is 0 Å². The number of non-ortho nitro benzene ring substituents is 1. The molecule has 1 aromatic heterocycles. The molecule has 0 aliphatic heterocycles. The minimum absolute atomic E-state index is 0.0842. The lowest BCUT2D eigenvalue weighted by Gasteiger charge is -2.09. The number of rotatable bonds is 5.